The third kappa shape index (κ3) is 5.19. The van der Waals surface area contributed by atoms with Gasteiger partial charge in [0, 0.05) is 36.3 Å². The van der Waals surface area contributed by atoms with Crippen LogP contribution in [-0.2, 0) is 16.0 Å². The molecule has 0 aromatic heterocycles. The van der Waals surface area contributed by atoms with Crippen molar-refractivity contribution in [2.75, 3.05) is 22.6 Å². The van der Waals surface area contributed by atoms with E-state index >= 15 is 0 Å². The Morgan fingerprint density at radius 2 is 1.83 bits per heavy atom. The lowest BCUT2D eigenvalue weighted by molar-refractivity contribution is -0.116. The summed E-state index contributed by atoms with van der Waals surface area (Å²) in [6.07, 6.45) is 0.983. The molecule has 29 heavy (non-hydrogen) atoms. The first-order valence-electron chi connectivity index (χ1n) is 9.77. The van der Waals surface area contributed by atoms with Crippen molar-refractivity contribution < 1.29 is 19.1 Å². The van der Waals surface area contributed by atoms with E-state index in [1.165, 1.54) is 6.92 Å². The number of hydrogen-bond acceptors (Lipinski definition) is 5. The zero-order valence-electron chi connectivity index (χ0n) is 17.2. The number of rotatable bonds is 7. The summed E-state index contributed by atoms with van der Waals surface area (Å²) >= 11 is 0. The molecule has 7 nitrogen and oxygen atoms in total. The number of anilines is 3. The standard InChI is InChI=1S/C22H27N3O4/c1-5-28-21-11-16-10-13(2)29-20(16)12-19(21)23-14(3)22(27)25-18-8-6-17(7-9-18)24-15(4)26/h6-9,11-14,23H,5,10H2,1-4H3,(H,24,26)(H,25,27)/t13-,14+/m1/s1. The fraction of sp³-hybridized carbons (Fsp3) is 0.364. The van der Waals surface area contributed by atoms with Crippen LogP contribution in [0.2, 0.25) is 0 Å². The number of carbonyl (C=O) groups is 2. The fourth-order valence-corrected chi connectivity index (χ4v) is 3.22. The average molecular weight is 397 g/mol. The molecular weight excluding hydrogens is 370 g/mol. The summed E-state index contributed by atoms with van der Waals surface area (Å²) < 4.78 is 11.6. The summed E-state index contributed by atoms with van der Waals surface area (Å²) in [5, 5.41) is 8.78. The highest BCUT2D eigenvalue weighted by atomic mass is 16.5. The third-order valence-electron chi connectivity index (χ3n) is 4.54. The van der Waals surface area contributed by atoms with E-state index in [1.54, 1.807) is 31.2 Å². The summed E-state index contributed by atoms with van der Waals surface area (Å²) in [4.78, 5) is 23.7. The number of fused-ring (bicyclic) bond motifs is 1. The largest absolute Gasteiger partial charge is 0.492 e. The minimum Gasteiger partial charge on any atom is -0.492 e. The molecule has 2 aromatic rings. The third-order valence-corrected chi connectivity index (χ3v) is 4.54. The summed E-state index contributed by atoms with van der Waals surface area (Å²) in [6.45, 7) is 7.72. The average Bonchev–Trinajstić information content (AvgIpc) is 3.02. The molecule has 0 spiro atoms. The molecule has 0 unspecified atom stereocenters. The Bertz CT molecular complexity index is 896. The minimum atomic E-state index is -0.499. The van der Waals surface area contributed by atoms with E-state index in [9.17, 15) is 9.59 Å². The van der Waals surface area contributed by atoms with Crippen molar-refractivity contribution in [3.8, 4) is 11.5 Å². The van der Waals surface area contributed by atoms with E-state index in [-0.39, 0.29) is 17.9 Å². The number of benzene rings is 2. The molecule has 3 N–H and O–H groups in total. The molecule has 0 fully saturated rings. The van der Waals surface area contributed by atoms with E-state index in [4.69, 9.17) is 9.47 Å². The number of ether oxygens (including phenoxy) is 2. The van der Waals surface area contributed by atoms with Gasteiger partial charge in [-0.3, -0.25) is 9.59 Å². The van der Waals surface area contributed by atoms with Crippen LogP contribution in [0.25, 0.3) is 0 Å². The highest BCUT2D eigenvalue weighted by molar-refractivity contribution is 5.97. The van der Waals surface area contributed by atoms with Crippen molar-refractivity contribution >= 4 is 28.9 Å². The van der Waals surface area contributed by atoms with Crippen LogP contribution in [0.15, 0.2) is 36.4 Å². The Morgan fingerprint density at radius 1 is 1.17 bits per heavy atom. The first-order chi connectivity index (χ1) is 13.9. The molecule has 154 valence electrons. The normalized spacial score (nSPS) is 15.7. The van der Waals surface area contributed by atoms with Crippen molar-refractivity contribution in [2.45, 2.75) is 46.3 Å². The molecule has 0 radical (unpaired) electrons. The number of nitrogens with one attached hydrogen (secondary N) is 3. The van der Waals surface area contributed by atoms with Gasteiger partial charge in [-0.15, -0.1) is 0 Å². The number of carbonyl (C=O) groups excluding carboxylic acids is 2. The molecule has 0 saturated heterocycles. The van der Waals surface area contributed by atoms with Crippen LogP contribution in [0.4, 0.5) is 17.1 Å². The number of hydrogen-bond donors (Lipinski definition) is 3. The topological polar surface area (TPSA) is 88.7 Å². The van der Waals surface area contributed by atoms with Gasteiger partial charge < -0.3 is 25.4 Å². The first kappa shape index (κ1) is 20.5. The van der Waals surface area contributed by atoms with Crippen LogP contribution in [0.1, 0.15) is 33.3 Å². The van der Waals surface area contributed by atoms with Crippen molar-refractivity contribution in [3.63, 3.8) is 0 Å². The predicted molar refractivity (Wildman–Crippen MR) is 114 cm³/mol. The van der Waals surface area contributed by atoms with Crippen LogP contribution >= 0.6 is 0 Å². The predicted octanol–water partition coefficient (Wildman–Crippen LogP) is 3.81. The Morgan fingerprint density at radius 3 is 2.45 bits per heavy atom. The molecule has 0 bridgehead atoms. The second kappa shape index (κ2) is 8.86. The van der Waals surface area contributed by atoms with E-state index in [0.717, 1.165) is 23.4 Å². The summed E-state index contributed by atoms with van der Waals surface area (Å²) in [6, 6.07) is 10.3. The molecule has 2 aromatic carbocycles. The molecular formula is C22H27N3O4. The molecule has 1 aliphatic heterocycles. The minimum absolute atomic E-state index is 0.135. The second-order valence-corrected chi connectivity index (χ2v) is 7.14. The van der Waals surface area contributed by atoms with Crippen LogP contribution in [0.3, 0.4) is 0 Å². The summed E-state index contributed by atoms with van der Waals surface area (Å²) in [5.74, 6) is 1.21. The van der Waals surface area contributed by atoms with Gasteiger partial charge in [0.2, 0.25) is 11.8 Å². The van der Waals surface area contributed by atoms with Crippen molar-refractivity contribution in [1.29, 1.82) is 0 Å². The summed E-state index contributed by atoms with van der Waals surface area (Å²) in [7, 11) is 0. The Hall–Kier alpha value is -3.22. The zero-order chi connectivity index (χ0) is 21.0. The lowest BCUT2D eigenvalue weighted by Gasteiger charge is -2.19. The van der Waals surface area contributed by atoms with E-state index in [1.807, 2.05) is 26.0 Å². The van der Waals surface area contributed by atoms with Gasteiger partial charge in [-0.25, -0.2) is 0 Å². The summed E-state index contributed by atoms with van der Waals surface area (Å²) in [5.41, 5.74) is 3.16. The van der Waals surface area contributed by atoms with Gasteiger partial charge in [0.05, 0.1) is 12.3 Å². The second-order valence-electron chi connectivity index (χ2n) is 7.14. The van der Waals surface area contributed by atoms with Crippen LogP contribution < -0.4 is 25.4 Å². The smallest absolute Gasteiger partial charge is 0.246 e. The van der Waals surface area contributed by atoms with Gasteiger partial charge in [-0.1, -0.05) is 0 Å². The Balaban J connectivity index is 1.68. The molecule has 2 amide bonds. The molecule has 0 aliphatic carbocycles. The van der Waals surface area contributed by atoms with Gasteiger partial charge in [0.15, 0.2) is 0 Å². The molecule has 3 rings (SSSR count). The van der Waals surface area contributed by atoms with Gasteiger partial charge in [-0.05, 0) is 51.1 Å². The van der Waals surface area contributed by atoms with Gasteiger partial charge in [-0.2, -0.15) is 0 Å². The zero-order valence-corrected chi connectivity index (χ0v) is 17.2. The highest BCUT2D eigenvalue weighted by Crippen LogP contribution is 2.38. The maximum atomic E-state index is 12.6. The maximum absolute atomic E-state index is 12.6. The van der Waals surface area contributed by atoms with Crippen molar-refractivity contribution in [1.82, 2.24) is 0 Å². The van der Waals surface area contributed by atoms with Crippen LogP contribution in [-0.4, -0.2) is 30.6 Å². The van der Waals surface area contributed by atoms with E-state index in [0.29, 0.717) is 23.7 Å². The molecule has 1 heterocycles. The van der Waals surface area contributed by atoms with E-state index in [2.05, 4.69) is 16.0 Å². The van der Waals surface area contributed by atoms with Gasteiger partial charge in [0.25, 0.3) is 0 Å². The van der Waals surface area contributed by atoms with Crippen molar-refractivity contribution in [2.24, 2.45) is 0 Å². The maximum Gasteiger partial charge on any atom is 0.246 e. The lowest BCUT2D eigenvalue weighted by atomic mass is 10.1. The molecule has 7 heteroatoms. The molecule has 0 saturated carbocycles. The monoisotopic (exact) mass is 397 g/mol. The Labute approximate surface area is 170 Å². The lowest BCUT2D eigenvalue weighted by Crippen LogP contribution is -2.32. The fourth-order valence-electron chi connectivity index (χ4n) is 3.22. The van der Waals surface area contributed by atoms with E-state index < -0.39 is 6.04 Å². The van der Waals surface area contributed by atoms with Gasteiger partial charge in [0.1, 0.15) is 23.6 Å². The van der Waals surface area contributed by atoms with Gasteiger partial charge >= 0.3 is 0 Å². The first-order valence-corrected chi connectivity index (χ1v) is 9.77. The quantitative estimate of drug-likeness (QED) is 0.661. The highest BCUT2D eigenvalue weighted by Gasteiger charge is 2.23. The Kier molecular flexibility index (Phi) is 6.26. The number of amides is 2. The molecule has 2 atom stereocenters. The van der Waals surface area contributed by atoms with Crippen LogP contribution in [0, 0.1) is 0 Å². The van der Waals surface area contributed by atoms with Crippen LogP contribution in [0.5, 0.6) is 11.5 Å². The SMILES string of the molecule is CCOc1cc2c(cc1N[C@@H](C)C(=O)Nc1ccc(NC(C)=O)cc1)O[C@H](C)C2. The van der Waals surface area contributed by atoms with Crippen molar-refractivity contribution in [3.05, 3.63) is 42.0 Å². The molecule has 1 aliphatic rings.